The van der Waals surface area contributed by atoms with Crippen molar-refractivity contribution < 1.29 is 4.79 Å². The molecule has 1 N–H and O–H groups in total. The van der Waals surface area contributed by atoms with Crippen molar-refractivity contribution in [3.8, 4) is 0 Å². The molecule has 2 heterocycles. The van der Waals surface area contributed by atoms with Gasteiger partial charge in [0.05, 0.1) is 0 Å². The molecule has 1 fully saturated rings. The molecule has 30 heavy (non-hydrogen) atoms. The summed E-state index contributed by atoms with van der Waals surface area (Å²) in [5.74, 6) is -0.120. The molecule has 6 heteroatoms. The van der Waals surface area contributed by atoms with Crippen molar-refractivity contribution in [1.82, 2.24) is 15.1 Å². The van der Waals surface area contributed by atoms with E-state index in [1.54, 1.807) is 0 Å². The summed E-state index contributed by atoms with van der Waals surface area (Å²) >= 11 is 1.48. The van der Waals surface area contributed by atoms with Gasteiger partial charge in [-0.15, -0.1) is 10.2 Å². The fraction of sp³-hybridized carbons (Fsp3) is 0.625. The molecule has 0 spiro atoms. The Bertz CT molecular complexity index is 838. The minimum Gasteiger partial charge on any atom is -0.303 e. The maximum atomic E-state index is 13.0. The van der Waals surface area contributed by atoms with Crippen LogP contribution in [-0.2, 0) is 17.3 Å². The van der Waals surface area contributed by atoms with Crippen molar-refractivity contribution in [3.63, 3.8) is 0 Å². The van der Waals surface area contributed by atoms with Crippen LogP contribution in [0.1, 0.15) is 87.3 Å². The Labute approximate surface area is 185 Å². The molecule has 1 aliphatic heterocycles. The van der Waals surface area contributed by atoms with Gasteiger partial charge in [-0.25, -0.2) is 0 Å². The summed E-state index contributed by atoms with van der Waals surface area (Å²) in [6, 6.07) is 6.23. The number of anilines is 1. The van der Waals surface area contributed by atoms with Crippen LogP contribution in [0.4, 0.5) is 5.13 Å². The third-order valence-corrected chi connectivity index (χ3v) is 6.60. The van der Waals surface area contributed by atoms with Crippen LogP contribution in [0.25, 0.3) is 0 Å². The van der Waals surface area contributed by atoms with E-state index in [1.807, 2.05) is 12.1 Å². The number of nitrogens with one attached hydrogen (secondary N) is 1. The van der Waals surface area contributed by atoms with Crippen molar-refractivity contribution in [2.75, 3.05) is 25.0 Å². The van der Waals surface area contributed by atoms with Crippen LogP contribution >= 0.6 is 11.3 Å². The number of hydrogen-bond donors (Lipinski definition) is 1. The second-order valence-electron chi connectivity index (χ2n) is 10.4. The number of benzene rings is 1. The number of carbonyl (C=O) groups is 1. The maximum absolute atomic E-state index is 13.0. The average molecular weight is 429 g/mol. The Hall–Kier alpha value is -1.79. The largest absolute Gasteiger partial charge is 0.303 e. The molecule has 0 aliphatic carbocycles. The van der Waals surface area contributed by atoms with Crippen LogP contribution in [-0.4, -0.2) is 40.6 Å². The molecule has 3 rings (SSSR count). The van der Waals surface area contributed by atoms with E-state index in [1.165, 1.54) is 54.8 Å². The molecule has 1 aromatic carbocycles. The van der Waals surface area contributed by atoms with E-state index < -0.39 is 0 Å². The molecule has 0 unspecified atom stereocenters. The molecular weight excluding hydrogens is 392 g/mol. The van der Waals surface area contributed by atoms with Gasteiger partial charge in [-0.1, -0.05) is 65.4 Å². The summed E-state index contributed by atoms with van der Waals surface area (Å²) in [4.78, 5) is 15.5. The van der Waals surface area contributed by atoms with Crippen LogP contribution in [0.3, 0.4) is 0 Å². The zero-order valence-corrected chi connectivity index (χ0v) is 20.2. The predicted octanol–water partition coefficient (Wildman–Crippen LogP) is 5.41. The summed E-state index contributed by atoms with van der Waals surface area (Å²) < 4.78 is 0. The highest BCUT2D eigenvalue weighted by Crippen LogP contribution is 2.30. The van der Waals surface area contributed by atoms with Gasteiger partial charge < -0.3 is 4.90 Å². The van der Waals surface area contributed by atoms with Gasteiger partial charge in [0.25, 0.3) is 5.91 Å². The molecule has 164 valence electrons. The Kier molecular flexibility index (Phi) is 6.98. The van der Waals surface area contributed by atoms with Crippen molar-refractivity contribution in [2.24, 2.45) is 0 Å². The lowest BCUT2D eigenvalue weighted by molar-refractivity contribution is 0.102. The Morgan fingerprint density at radius 2 is 1.57 bits per heavy atom. The molecule has 2 aromatic rings. The zero-order valence-electron chi connectivity index (χ0n) is 19.3. The van der Waals surface area contributed by atoms with Gasteiger partial charge in [0.2, 0.25) is 5.13 Å². The Morgan fingerprint density at radius 3 is 2.13 bits per heavy atom. The van der Waals surface area contributed by atoms with E-state index in [4.69, 9.17) is 0 Å². The smallest absolute Gasteiger partial charge is 0.257 e. The van der Waals surface area contributed by atoms with Crippen LogP contribution in [0.15, 0.2) is 18.2 Å². The van der Waals surface area contributed by atoms with E-state index in [9.17, 15) is 4.79 Å². The molecule has 0 atom stereocenters. The van der Waals surface area contributed by atoms with Gasteiger partial charge in [-0.3, -0.25) is 10.1 Å². The monoisotopic (exact) mass is 428 g/mol. The number of rotatable bonds is 5. The van der Waals surface area contributed by atoms with Crippen LogP contribution in [0.2, 0.25) is 0 Å². The highest BCUT2D eigenvalue weighted by molar-refractivity contribution is 7.15. The third kappa shape index (κ3) is 6.11. The summed E-state index contributed by atoms with van der Waals surface area (Å²) in [6.45, 7) is 16.4. The molecule has 0 bridgehead atoms. The minimum atomic E-state index is -0.120. The van der Waals surface area contributed by atoms with Crippen LogP contribution in [0.5, 0.6) is 0 Å². The molecule has 0 saturated carbocycles. The summed E-state index contributed by atoms with van der Waals surface area (Å²) in [6.07, 6.45) is 4.82. The van der Waals surface area contributed by atoms with Gasteiger partial charge >= 0.3 is 0 Å². The first-order chi connectivity index (χ1) is 14.0. The second-order valence-corrected chi connectivity index (χ2v) is 11.5. The topological polar surface area (TPSA) is 58.1 Å². The molecule has 1 aromatic heterocycles. The SMILES string of the molecule is CC(C)(C)c1cc(C(=O)Nc2nnc(CCN3CCCCC3)s2)cc(C(C)(C)C)c1. The van der Waals surface area contributed by atoms with E-state index >= 15 is 0 Å². The third-order valence-electron chi connectivity index (χ3n) is 5.71. The van der Waals surface area contributed by atoms with E-state index in [2.05, 4.69) is 68.0 Å². The number of carbonyl (C=O) groups excluding carboxylic acids is 1. The van der Waals surface area contributed by atoms with Gasteiger partial charge in [0, 0.05) is 18.5 Å². The number of hydrogen-bond acceptors (Lipinski definition) is 5. The average Bonchev–Trinajstić information content (AvgIpc) is 3.13. The van der Waals surface area contributed by atoms with E-state index in [0.717, 1.165) is 18.0 Å². The number of amides is 1. The lowest BCUT2D eigenvalue weighted by Crippen LogP contribution is -2.31. The highest BCUT2D eigenvalue weighted by atomic mass is 32.1. The lowest BCUT2D eigenvalue weighted by Gasteiger charge is -2.26. The number of piperidine rings is 1. The minimum absolute atomic E-state index is 0.0271. The van der Waals surface area contributed by atoms with Crippen molar-refractivity contribution >= 4 is 22.4 Å². The van der Waals surface area contributed by atoms with Gasteiger partial charge in [0.1, 0.15) is 5.01 Å². The first-order valence-electron chi connectivity index (χ1n) is 11.0. The van der Waals surface area contributed by atoms with Gasteiger partial charge in [-0.2, -0.15) is 0 Å². The van der Waals surface area contributed by atoms with Crippen molar-refractivity contribution in [3.05, 3.63) is 39.9 Å². The van der Waals surface area contributed by atoms with Gasteiger partial charge in [-0.05, 0) is 60.0 Å². The summed E-state index contributed by atoms with van der Waals surface area (Å²) in [5, 5.41) is 13.0. The summed E-state index contributed by atoms with van der Waals surface area (Å²) in [5.41, 5.74) is 2.96. The van der Waals surface area contributed by atoms with Crippen molar-refractivity contribution in [2.45, 2.75) is 78.1 Å². The molecule has 1 saturated heterocycles. The van der Waals surface area contributed by atoms with Gasteiger partial charge in [0.15, 0.2) is 0 Å². The molecular formula is C24H36N4OS. The van der Waals surface area contributed by atoms with E-state index in [-0.39, 0.29) is 16.7 Å². The maximum Gasteiger partial charge on any atom is 0.257 e. The number of nitrogens with zero attached hydrogens (tertiary/aromatic N) is 3. The van der Waals surface area contributed by atoms with Crippen LogP contribution in [0, 0.1) is 0 Å². The van der Waals surface area contributed by atoms with E-state index in [0.29, 0.717) is 10.7 Å². The highest BCUT2D eigenvalue weighted by Gasteiger charge is 2.23. The zero-order chi connectivity index (χ0) is 21.9. The normalized spacial score (nSPS) is 15.9. The number of aromatic nitrogens is 2. The lowest BCUT2D eigenvalue weighted by atomic mass is 9.79. The Morgan fingerprint density at radius 1 is 0.967 bits per heavy atom. The summed E-state index contributed by atoms with van der Waals surface area (Å²) in [7, 11) is 0. The molecule has 1 amide bonds. The molecule has 1 aliphatic rings. The number of likely N-dealkylation sites (tertiary alicyclic amines) is 1. The Balaban J connectivity index is 1.70. The standard InChI is InChI=1S/C24H36N4OS/c1-23(2,3)18-14-17(15-19(16-18)24(4,5)6)21(29)25-22-27-26-20(30-22)10-13-28-11-8-7-9-12-28/h14-16H,7-13H2,1-6H3,(H,25,27,29). The predicted molar refractivity (Wildman–Crippen MR) is 126 cm³/mol. The fourth-order valence-corrected chi connectivity index (χ4v) is 4.36. The van der Waals surface area contributed by atoms with Crippen LogP contribution < -0.4 is 5.32 Å². The quantitative estimate of drug-likeness (QED) is 0.691. The molecule has 5 nitrogen and oxygen atoms in total. The first kappa shape index (κ1) is 22.9. The second kappa shape index (κ2) is 9.15. The first-order valence-corrected chi connectivity index (χ1v) is 11.9. The fourth-order valence-electron chi connectivity index (χ4n) is 3.64. The molecule has 0 radical (unpaired) electrons. The van der Waals surface area contributed by atoms with Crippen molar-refractivity contribution in [1.29, 1.82) is 0 Å².